The van der Waals surface area contributed by atoms with Gasteiger partial charge in [-0.05, 0) is 51.3 Å². The van der Waals surface area contributed by atoms with Crippen LogP contribution in [0.3, 0.4) is 0 Å². The van der Waals surface area contributed by atoms with Crippen molar-refractivity contribution in [2.45, 2.75) is 44.7 Å². The van der Waals surface area contributed by atoms with Crippen molar-refractivity contribution in [3.05, 3.63) is 29.6 Å². The van der Waals surface area contributed by atoms with Crippen molar-refractivity contribution in [3.8, 4) is 5.75 Å². The van der Waals surface area contributed by atoms with E-state index in [-0.39, 0.29) is 5.82 Å². The first-order chi connectivity index (χ1) is 10.3. The molecule has 0 radical (unpaired) electrons. The van der Waals surface area contributed by atoms with Gasteiger partial charge < -0.3 is 15.0 Å². The molecule has 116 valence electrons. The lowest BCUT2D eigenvalue weighted by Crippen LogP contribution is -2.22. The van der Waals surface area contributed by atoms with Crippen LogP contribution in [0.2, 0.25) is 0 Å². The number of para-hydroxylation sites is 1. The molecule has 1 N–H and O–H groups in total. The van der Waals surface area contributed by atoms with Crippen molar-refractivity contribution < 1.29 is 9.13 Å². The summed E-state index contributed by atoms with van der Waals surface area (Å²) >= 11 is 0. The normalized spacial score (nSPS) is 19.1. The number of likely N-dealkylation sites (tertiary alicyclic amines) is 1. The van der Waals surface area contributed by atoms with Crippen LogP contribution in [0.5, 0.6) is 5.75 Å². The van der Waals surface area contributed by atoms with Gasteiger partial charge in [0.2, 0.25) is 0 Å². The summed E-state index contributed by atoms with van der Waals surface area (Å²) in [5.41, 5.74) is 0.933. The number of hydrogen-bond donors (Lipinski definition) is 1. The topological polar surface area (TPSA) is 24.5 Å². The van der Waals surface area contributed by atoms with Crippen LogP contribution in [-0.2, 0) is 6.54 Å². The van der Waals surface area contributed by atoms with Gasteiger partial charge in [0, 0.05) is 24.7 Å². The quantitative estimate of drug-likeness (QED) is 0.746. The van der Waals surface area contributed by atoms with Gasteiger partial charge >= 0.3 is 0 Å². The lowest BCUT2D eigenvalue weighted by molar-refractivity contribution is 0.253. The summed E-state index contributed by atoms with van der Waals surface area (Å²) < 4.78 is 19.7. The zero-order valence-electron chi connectivity index (χ0n) is 12.6. The molecule has 2 aliphatic rings. The lowest BCUT2D eigenvalue weighted by atomic mass is 10.2. The standard InChI is InChI=1S/C17H25FN2O/c18-16-6-3-5-14(13-19-15-7-8-15)17(16)21-12-4-11-20-9-1-2-10-20/h3,5-6,15,19H,1-2,4,7-13H2. The molecule has 0 amide bonds. The number of benzene rings is 1. The van der Waals surface area contributed by atoms with Crippen LogP contribution in [0, 0.1) is 5.82 Å². The first-order valence-electron chi connectivity index (χ1n) is 8.19. The summed E-state index contributed by atoms with van der Waals surface area (Å²) in [6, 6.07) is 5.82. The third-order valence-electron chi connectivity index (χ3n) is 4.27. The Hall–Kier alpha value is -1.13. The van der Waals surface area contributed by atoms with Gasteiger partial charge in [-0.2, -0.15) is 0 Å². The number of ether oxygens (including phenoxy) is 1. The van der Waals surface area contributed by atoms with E-state index < -0.39 is 0 Å². The summed E-state index contributed by atoms with van der Waals surface area (Å²) in [6.07, 6.45) is 6.06. The molecule has 1 saturated carbocycles. The van der Waals surface area contributed by atoms with Gasteiger partial charge in [-0.3, -0.25) is 0 Å². The van der Waals surface area contributed by atoms with Crippen LogP contribution in [0.25, 0.3) is 0 Å². The molecule has 1 aliphatic heterocycles. The van der Waals surface area contributed by atoms with E-state index in [1.165, 1.54) is 44.8 Å². The van der Waals surface area contributed by atoms with Gasteiger partial charge in [0.05, 0.1) is 6.61 Å². The average Bonchev–Trinajstić information content (AvgIpc) is 3.17. The fraction of sp³-hybridized carbons (Fsp3) is 0.647. The minimum absolute atomic E-state index is 0.244. The van der Waals surface area contributed by atoms with Crippen molar-refractivity contribution in [2.75, 3.05) is 26.2 Å². The fourth-order valence-corrected chi connectivity index (χ4v) is 2.86. The molecule has 1 aliphatic carbocycles. The molecule has 0 atom stereocenters. The zero-order chi connectivity index (χ0) is 14.5. The average molecular weight is 292 g/mol. The minimum Gasteiger partial charge on any atom is -0.490 e. The number of hydrogen-bond acceptors (Lipinski definition) is 3. The summed E-state index contributed by atoms with van der Waals surface area (Å²) in [5, 5.41) is 3.42. The third-order valence-corrected chi connectivity index (χ3v) is 4.27. The molecular weight excluding hydrogens is 267 g/mol. The Labute approximate surface area is 126 Å². The second kappa shape index (κ2) is 7.23. The smallest absolute Gasteiger partial charge is 0.165 e. The summed E-state index contributed by atoms with van der Waals surface area (Å²) in [7, 11) is 0. The van der Waals surface area contributed by atoms with Crippen molar-refractivity contribution in [1.82, 2.24) is 10.2 Å². The van der Waals surface area contributed by atoms with Gasteiger partial charge in [0.25, 0.3) is 0 Å². The van der Waals surface area contributed by atoms with Crippen molar-refractivity contribution >= 4 is 0 Å². The number of nitrogens with one attached hydrogen (secondary N) is 1. The van der Waals surface area contributed by atoms with Crippen LogP contribution < -0.4 is 10.1 Å². The highest BCUT2D eigenvalue weighted by atomic mass is 19.1. The minimum atomic E-state index is -0.244. The molecule has 1 heterocycles. The highest BCUT2D eigenvalue weighted by molar-refractivity contribution is 5.35. The van der Waals surface area contributed by atoms with E-state index in [0.717, 1.165) is 18.5 Å². The molecule has 1 saturated heterocycles. The van der Waals surface area contributed by atoms with Crippen LogP contribution in [0.15, 0.2) is 18.2 Å². The molecule has 4 heteroatoms. The Bertz CT molecular complexity index is 456. The molecular formula is C17H25FN2O. The number of rotatable bonds is 8. The molecule has 0 aromatic heterocycles. The Balaban J connectivity index is 1.47. The largest absolute Gasteiger partial charge is 0.490 e. The van der Waals surface area contributed by atoms with E-state index in [1.807, 2.05) is 6.07 Å². The predicted molar refractivity (Wildman–Crippen MR) is 82.0 cm³/mol. The maximum atomic E-state index is 14.0. The Morgan fingerprint density at radius 2 is 2.05 bits per heavy atom. The molecule has 1 aromatic rings. The van der Waals surface area contributed by atoms with Gasteiger partial charge in [-0.1, -0.05) is 12.1 Å². The van der Waals surface area contributed by atoms with E-state index in [0.29, 0.717) is 24.9 Å². The maximum absolute atomic E-state index is 14.0. The molecule has 3 nitrogen and oxygen atoms in total. The summed E-state index contributed by atoms with van der Waals surface area (Å²) in [6.45, 7) is 4.76. The van der Waals surface area contributed by atoms with Crippen LogP contribution >= 0.6 is 0 Å². The highest BCUT2D eigenvalue weighted by Crippen LogP contribution is 2.25. The SMILES string of the molecule is Fc1cccc(CNC2CC2)c1OCCCN1CCCC1. The van der Waals surface area contributed by atoms with Crippen LogP contribution in [0.1, 0.15) is 37.7 Å². The second-order valence-corrected chi connectivity index (χ2v) is 6.13. The van der Waals surface area contributed by atoms with Crippen molar-refractivity contribution in [2.24, 2.45) is 0 Å². The second-order valence-electron chi connectivity index (χ2n) is 6.13. The first kappa shape index (κ1) is 14.8. The molecule has 2 fully saturated rings. The van der Waals surface area contributed by atoms with Gasteiger partial charge in [0.1, 0.15) is 0 Å². The van der Waals surface area contributed by atoms with Crippen molar-refractivity contribution in [1.29, 1.82) is 0 Å². The van der Waals surface area contributed by atoms with Crippen molar-refractivity contribution in [3.63, 3.8) is 0 Å². The monoisotopic (exact) mass is 292 g/mol. The Kier molecular flexibility index (Phi) is 5.09. The van der Waals surface area contributed by atoms with Gasteiger partial charge in [-0.25, -0.2) is 4.39 Å². The van der Waals surface area contributed by atoms with E-state index in [4.69, 9.17) is 4.74 Å². The third kappa shape index (κ3) is 4.42. The van der Waals surface area contributed by atoms with Crippen LogP contribution in [0.4, 0.5) is 4.39 Å². The number of halogens is 1. The molecule has 0 bridgehead atoms. The zero-order valence-corrected chi connectivity index (χ0v) is 12.6. The molecule has 3 rings (SSSR count). The van der Waals surface area contributed by atoms with E-state index >= 15 is 0 Å². The van der Waals surface area contributed by atoms with E-state index in [9.17, 15) is 4.39 Å². The lowest BCUT2D eigenvalue weighted by Gasteiger charge is -2.16. The Morgan fingerprint density at radius 1 is 1.24 bits per heavy atom. The van der Waals surface area contributed by atoms with E-state index in [2.05, 4.69) is 10.2 Å². The highest BCUT2D eigenvalue weighted by Gasteiger charge is 2.21. The van der Waals surface area contributed by atoms with Crippen LogP contribution in [-0.4, -0.2) is 37.2 Å². The molecule has 0 unspecified atom stereocenters. The maximum Gasteiger partial charge on any atom is 0.165 e. The van der Waals surface area contributed by atoms with Gasteiger partial charge in [-0.15, -0.1) is 0 Å². The summed E-state index contributed by atoms with van der Waals surface area (Å²) in [5.74, 6) is 0.193. The fourth-order valence-electron chi connectivity index (χ4n) is 2.86. The Morgan fingerprint density at radius 3 is 2.81 bits per heavy atom. The molecule has 21 heavy (non-hydrogen) atoms. The first-order valence-corrected chi connectivity index (χ1v) is 8.19. The van der Waals surface area contributed by atoms with Gasteiger partial charge in [0.15, 0.2) is 11.6 Å². The molecule has 1 aromatic carbocycles. The summed E-state index contributed by atoms with van der Waals surface area (Å²) in [4.78, 5) is 2.46. The predicted octanol–water partition coefficient (Wildman–Crippen LogP) is 2.94. The molecule has 0 spiro atoms. The number of nitrogens with zero attached hydrogens (tertiary/aromatic N) is 1. The van der Waals surface area contributed by atoms with E-state index in [1.54, 1.807) is 6.07 Å².